The molecule has 0 atom stereocenters. The Bertz CT molecular complexity index is 782. The van der Waals surface area contributed by atoms with Gasteiger partial charge in [-0.05, 0) is 29.3 Å². The summed E-state index contributed by atoms with van der Waals surface area (Å²) in [6.07, 6.45) is 0. The number of amides is 2. The number of rotatable bonds is 5. The lowest BCUT2D eigenvalue weighted by molar-refractivity contribution is 0.252. The van der Waals surface area contributed by atoms with Crippen molar-refractivity contribution in [1.82, 2.24) is 5.32 Å². The zero-order chi connectivity index (χ0) is 17.5. The van der Waals surface area contributed by atoms with Crippen molar-refractivity contribution in [2.75, 3.05) is 11.9 Å². The van der Waals surface area contributed by atoms with Crippen LogP contribution in [0.5, 0.6) is 0 Å². The van der Waals surface area contributed by atoms with Crippen LogP contribution in [0.3, 0.4) is 0 Å². The summed E-state index contributed by atoms with van der Waals surface area (Å²) in [6, 6.07) is 27.2. The van der Waals surface area contributed by atoms with E-state index < -0.39 is 0 Å². The van der Waals surface area contributed by atoms with Crippen LogP contribution in [-0.2, 0) is 0 Å². The van der Waals surface area contributed by atoms with Crippen LogP contribution in [0.25, 0.3) is 0 Å². The van der Waals surface area contributed by atoms with E-state index in [9.17, 15) is 4.79 Å². The predicted octanol–water partition coefficient (Wildman–Crippen LogP) is 5.29. The Balaban J connectivity index is 1.70. The van der Waals surface area contributed by atoms with E-state index in [-0.39, 0.29) is 11.9 Å². The van der Waals surface area contributed by atoms with Gasteiger partial charge in [0.05, 0.1) is 0 Å². The highest BCUT2D eigenvalue weighted by Crippen LogP contribution is 2.23. The minimum absolute atomic E-state index is 0.0903. The number of hydrogen-bond acceptors (Lipinski definition) is 1. The Kier molecular flexibility index (Phi) is 5.70. The minimum Gasteiger partial charge on any atom is -0.337 e. The van der Waals surface area contributed by atoms with Crippen molar-refractivity contribution in [2.45, 2.75) is 5.92 Å². The summed E-state index contributed by atoms with van der Waals surface area (Å²) in [5, 5.41) is 6.35. The smallest absolute Gasteiger partial charge is 0.319 e. The molecule has 3 rings (SSSR count). The number of hydrogen-bond donors (Lipinski definition) is 2. The van der Waals surface area contributed by atoms with Gasteiger partial charge in [-0.2, -0.15) is 0 Å². The Hall–Kier alpha value is -2.78. The summed E-state index contributed by atoms with van der Waals surface area (Å²) < 4.78 is 0. The van der Waals surface area contributed by atoms with Crippen LogP contribution < -0.4 is 10.6 Å². The van der Waals surface area contributed by atoms with E-state index in [0.29, 0.717) is 17.3 Å². The molecule has 0 saturated heterocycles. The highest BCUT2D eigenvalue weighted by atomic mass is 35.5. The molecule has 0 aromatic heterocycles. The molecule has 0 fully saturated rings. The molecule has 0 radical (unpaired) electrons. The van der Waals surface area contributed by atoms with Crippen molar-refractivity contribution in [3.63, 3.8) is 0 Å². The van der Waals surface area contributed by atoms with Gasteiger partial charge < -0.3 is 10.6 Å². The summed E-state index contributed by atoms with van der Waals surface area (Å²) in [6.45, 7) is 0.500. The second kappa shape index (κ2) is 8.36. The molecule has 3 nitrogen and oxygen atoms in total. The molecular formula is C21H19ClN2O. The molecule has 0 heterocycles. The average Bonchev–Trinajstić information content (AvgIpc) is 2.64. The largest absolute Gasteiger partial charge is 0.337 e. The first-order chi connectivity index (χ1) is 12.2. The number of benzene rings is 3. The highest BCUT2D eigenvalue weighted by molar-refractivity contribution is 6.30. The van der Waals surface area contributed by atoms with Crippen molar-refractivity contribution >= 4 is 23.3 Å². The van der Waals surface area contributed by atoms with Crippen LogP contribution in [0.4, 0.5) is 10.5 Å². The predicted molar refractivity (Wildman–Crippen MR) is 103 cm³/mol. The van der Waals surface area contributed by atoms with E-state index in [0.717, 1.165) is 11.1 Å². The third-order valence-electron chi connectivity index (χ3n) is 3.95. The van der Waals surface area contributed by atoms with Crippen LogP contribution in [-0.4, -0.2) is 12.6 Å². The van der Waals surface area contributed by atoms with Gasteiger partial charge in [0, 0.05) is 23.2 Å². The molecule has 0 spiro atoms. The molecule has 3 aromatic carbocycles. The van der Waals surface area contributed by atoms with Gasteiger partial charge in [0.25, 0.3) is 0 Å². The number of urea groups is 1. The molecule has 4 heteroatoms. The molecule has 0 unspecified atom stereocenters. The van der Waals surface area contributed by atoms with Crippen LogP contribution in [0.15, 0.2) is 84.9 Å². The third kappa shape index (κ3) is 4.85. The van der Waals surface area contributed by atoms with Gasteiger partial charge in [0.15, 0.2) is 0 Å². The first-order valence-corrected chi connectivity index (χ1v) is 8.50. The molecular weight excluding hydrogens is 332 g/mol. The number of halogens is 1. The lowest BCUT2D eigenvalue weighted by Gasteiger charge is -2.19. The van der Waals surface area contributed by atoms with Gasteiger partial charge in [0.2, 0.25) is 0 Å². The summed E-state index contributed by atoms with van der Waals surface area (Å²) in [5.74, 6) is 0.0903. The fraction of sp³-hybridized carbons (Fsp3) is 0.0952. The molecule has 0 bridgehead atoms. The molecule has 3 aromatic rings. The van der Waals surface area contributed by atoms with Gasteiger partial charge in [-0.15, -0.1) is 0 Å². The topological polar surface area (TPSA) is 41.1 Å². The van der Waals surface area contributed by atoms with Crippen LogP contribution >= 0.6 is 11.6 Å². The lowest BCUT2D eigenvalue weighted by atomic mass is 9.91. The molecule has 0 saturated carbocycles. The quantitative estimate of drug-likeness (QED) is 0.644. The molecule has 2 amide bonds. The molecule has 0 aliphatic carbocycles. The summed E-state index contributed by atoms with van der Waals surface area (Å²) in [7, 11) is 0. The van der Waals surface area contributed by atoms with Crippen molar-refractivity contribution in [3.8, 4) is 0 Å². The number of nitrogens with one attached hydrogen (secondary N) is 2. The Labute approximate surface area is 152 Å². The Morgan fingerprint density at radius 1 is 0.840 bits per heavy atom. The maximum absolute atomic E-state index is 12.2. The van der Waals surface area contributed by atoms with Gasteiger partial charge in [-0.1, -0.05) is 78.3 Å². The summed E-state index contributed by atoms with van der Waals surface area (Å²) >= 11 is 5.94. The lowest BCUT2D eigenvalue weighted by Crippen LogP contribution is -2.32. The summed E-state index contributed by atoms with van der Waals surface area (Å²) in [4.78, 5) is 12.2. The molecule has 126 valence electrons. The van der Waals surface area contributed by atoms with E-state index in [1.807, 2.05) is 36.4 Å². The first kappa shape index (κ1) is 17.1. The fourth-order valence-electron chi connectivity index (χ4n) is 2.74. The summed E-state index contributed by atoms with van der Waals surface area (Å²) in [5.41, 5.74) is 2.99. The van der Waals surface area contributed by atoms with Crippen molar-refractivity contribution in [2.24, 2.45) is 0 Å². The van der Waals surface area contributed by atoms with Crippen molar-refractivity contribution in [3.05, 3.63) is 101 Å². The number of anilines is 1. The van der Waals surface area contributed by atoms with Crippen LogP contribution in [0.2, 0.25) is 5.02 Å². The van der Waals surface area contributed by atoms with Crippen LogP contribution in [0.1, 0.15) is 17.0 Å². The second-order valence-corrected chi connectivity index (χ2v) is 6.16. The molecule has 2 N–H and O–H groups in total. The zero-order valence-electron chi connectivity index (χ0n) is 13.7. The van der Waals surface area contributed by atoms with Crippen molar-refractivity contribution in [1.29, 1.82) is 0 Å². The standard InChI is InChI=1S/C21H19ClN2O/c22-18-12-7-13-19(14-18)24-21(25)23-15-20(16-8-3-1-4-9-16)17-10-5-2-6-11-17/h1-14,20H,15H2,(H2,23,24,25). The molecule has 25 heavy (non-hydrogen) atoms. The number of carbonyl (C=O) groups is 1. The molecule has 0 aliphatic rings. The SMILES string of the molecule is O=C(NCC(c1ccccc1)c1ccccc1)Nc1cccc(Cl)c1. The molecule has 0 aliphatic heterocycles. The Morgan fingerprint density at radius 2 is 1.44 bits per heavy atom. The van der Waals surface area contributed by atoms with Gasteiger partial charge in [0.1, 0.15) is 0 Å². The monoisotopic (exact) mass is 350 g/mol. The van der Waals surface area contributed by atoms with E-state index >= 15 is 0 Å². The van der Waals surface area contributed by atoms with E-state index in [1.165, 1.54) is 0 Å². The normalized spacial score (nSPS) is 10.5. The van der Waals surface area contributed by atoms with E-state index in [1.54, 1.807) is 24.3 Å². The average molecular weight is 351 g/mol. The Morgan fingerprint density at radius 3 is 2.00 bits per heavy atom. The second-order valence-electron chi connectivity index (χ2n) is 5.72. The third-order valence-corrected chi connectivity index (χ3v) is 4.19. The maximum Gasteiger partial charge on any atom is 0.319 e. The minimum atomic E-state index is -0.251. The van der Waals surface area contributed by atoms with Gasteiger partial charge >= 0.3 is 6.03 Å². The number of carbonyl (C=O) groups excluding carboxylic acids is 1. The van der Waals surface area contributed by atoms with E-state index in [2.05, 4.69) is 34.9 Å². The zero-order valence-corrected chi connectivity index (χ0v) is 14.4. The fourth-order valence-corrected chi connectivity index (χ4v) is 2.93. The highest BCUT2D eigenvalue weighted by Gasteiger charge is 2.15. The van der Waals surface area contributed by atoms with Gasteiger partial charge in [-0.25, -0.2) is 4.79 Å². The van der Waals surface area contributed by atoms with Gasteiger partial charge in [-0.3, -0.25) is 0 Å². The van der Waals surface area contributed by atoms with Crippen molar-refractivity contribution < 1.29 is 4.79 Å². The van der Waals surface area contributed by atoms with Crippen LogP contribution in [0, 0.1) is 0 Å². The van der Waals surface area contributed by atoms with E-state index in [4.69, 9.17) is 11.6 Å². The first-order valence-electron chi connectivity index (χ1n) is 8.12. The maximum atomic E-state index is 12.2.